The van der Waals surface area contributed by atoms with Crippen molar-refractivity contribution in [3.8, 4) is 0 Å². The summed E-state index contributed by atoms with van der Waals surface area (Å²) in [6.45, 7) is 1.67. The van der Waals surface area contributed by atoms with Crippen LogP contribution in [-0.4, -0.2) is 84.7 Å². The zero-order valence-corrected chi connectivity index (χ0v) is 22.8. The number of rotatable bonds is 10. The molecule has 3 rings (SSSR count). The van der Waals surface area contributed by atoms with Crippen LogP contribution in [-0.2, 0) is 6.54 Å². The Bertz CT molecular complexity index is 1230. The van der Waals surface area contributed by atoms with E-state index in [2.05, 4.69) is 16.0 Å². The number of carbonyl (C=O) groups is 2. The quantitative estimate of drug-likeness (QED) is 0.264. The van der Waals surface area contributed by atoms with E-state index in [-0.39, 0.29) is 17.8 Å². The zero-order valence-electron chi connectivity index (χ0n) is 22.1. The lowest BCUT2D eigenvalue weighted by Gasteiger charge is -2.37. The Morgan fingerprint density at radius 2 is 1.76 bits per heavy atom. The number of aliphatic hydroxyl groups is 2. The maximum atomic E-state index is 14.9. The molecule has 0 aliphatic carbocycles. The van der Waals surface area contributed by atoms with E-state index >= 15 is 0 Å². The van der Waals surface area contributed by atoms with Crippen LogP contribution in [0, 0.1) is 11.6 Å². The first-order valence-corrected chi connectivity index (χ1v) is 13.1. The van der Waals surface area contributed by atoms with E-state index in [9.17, 15) is 36.6 Å². The van der Waals surface area contributed by atoms with E-state index in [4.69, 9.17) is 16.7 Å². The third kappa shape index (κ3) is 9.15. The van der Waals surface area contributed by atoms with Crippen molar-refractivity contribution >= 4 is 34.9 Å². The van der Waals surface area contributed by atoms with Gasteiger partial charge in [-0.3, -0.25) is 9.69 Å². The van der Waals surface area contributed by atoms with Crippen molar-refractivity contribution in [2.24, 2.45) is 0 Å². The van der Waals surface area contributed by atoms with Crippen molar-refractivity contribution in [3.63, 3.8) is 0 Å². The summed E-state index contributed by atoms with van der Waals surface area (Å²) in [6.07, 6.45) is -6.21. The Morgan fingerprint density at radius 1 is 1.07 bits per heavy atom. The van der Waals surface area contributed by atoms with E-state index < -0.39 is 67.0 Å². The third-order valence-electron chi connectivity index (χ3n) is 6.57. The van der Waals surface area contributed by atoms with Crippen LogP contribution in [0.5, 0.6) is 0 Å². The molecule has 2 atom stereocenters. The van der Waals surface area contributed by atoms with Crippen LogP contribution in [0.3, 0.4) is 0 Å². The van der Waals surface area contributed by atoms with Gasteiger partial charge in [0.1, 0.15) is 0 Å². The fourth-order valence-electron chi connectivity index (χ4n) is 4.17. The minimum Gasteiger partial charge on any atom is -0.394 e. The summed E-state index contributed by atoms with van der Waals surface area (Å²) >= 11 is 6.14. The van der Waals surface area contributed by atoms with Gasteiger partial charge in [-0.05, 0) is 31.2 Å². The second-order valence-corrected chi connectivity index (χ2v) is 10.0. The van der Waals surface area contributed by atoms with Gasteiger partial charge in [0.2, 0.25) is 0 Å². The summed E-state index contributed by atoms with van der Waals surface area (Å²) in [5.74, 6) is -3.74. The molecule has 1 aliphatic rings. The predicted molar refractivity (Wildman–Crippen MR) is 143 cm³/mol. The lowest BCUT2D eigenvalue weighted by atomic mass is 10.1. The van der Waals surface area contributed by atoms with Gasteiger partial charge in [0.15, 0.2) is 11.6 Å². The van der Waals surface area contributed by atoms with Crippen molar-refractivity contribution < 1.29 is 41.8 Å². The first kappa shape index (κ1) is 32.3. The molecule has 5 N–H and O–H groups in total. The number of anilines is 2. The van der Waals surface area contributed by atoms with Crippen LogP contribution < -0.4 is 20.9 Å². The molecule has 15 heteroatoms. The summed E-state index contributed by atoms with van der Waals surface area (Å²) in [5, 5.41) is 26.1. The van der Waals surface area contributed by atoms with Crippen molar-refractivity contribution in [2.75, 3.05) is 49.5 Å². The molecule has 1 fully saturated rings. The largest absolute Gasteiger partial charge is 0.394 e. The molecule has 1 heterocycles. The highest BCUT2D eigenvalue weighted by Gasteiger charge is 2.29. The van der Waals surface area contributed by atoms with E-state index in [0.717, 1.165) is 12.1 Å². The Labute approximate surface area is 238 Å². The van der Waals surface area contributed by atoms with Crippen molar-refractivity contribution in [3.05, 3.63) is 58.1 Å². The number of carbonyl (C=O) groups excluding carboxylic acids is 2. The van der Waals surface area contributed by atoms with E-state index in [1.165, 1.54) is 19.1 Å². The molecule has 41 heavy (non-hydrogen) atoms. The Morgan fingerprint density at radius 3 is 2.37 bits per heavy atom. The van der Waals surface area contributed by atoms with Gasteiger partial charge in [0.05, 0.1) is 42.1 Å². The summed E-state index contributed by atoms with van der Waals surface area (Å²) < 4.78 is 67.3. The number of nitrogens with zero attached hydrogens (tertiary/aromatic N) is 2. The minimum absolute atomic E-state index is 0.122. The molecule has 0 bridgehead atoms. The SMILES string of the molecule is C[C@@H](O)[C@@H](CO)NC(=O)NCc1ccc(C(=O)Nc2ccc(Cl)cc2N2CCN(CCC(F)(F)F)CC2)c(F)c1F. The van der Waals surface area contributed by atoms with Gasteiger partial charge in [-0.25, -0.2) is 13.6 Å². The summed E-state index contributed by atoms with van der Waals surface area (Å²) in [6, 6.07) is 4.96. The number of urea groups is 1. The molecule has 2 aromatic rings. The lowest BCUT2D eigenvalue weighted by Crippen LogP contribution is -2.48. The average Bonchev–Trinajstić information content (AvgIpc) is 2.92. The van der Waals surface area contributed by atoms with Gasteiger partial charge in [0, 0.05) is 49.9 Å². The standard InChI is InChI=1S/C26H31ClF5N5O4/c1-15(39)20(14-38)35-25(41)33-13-16-2-4-18(23(29)22(16)28)24(40)34-19-5-3-17(27)12-21(19)37-10-8-36(9-11-37)7-6-26(30,31)32/h2-5,12,15,20,38-39H,6-11,13-14H2,1H3,(H,34,40)(H2,33,35,41)/t15-,20-/m1/s1. The number of alkyl halides is 3. The second kappa shape index (κ2) is 14.1. The molecule has 2 aromatic carbocycles. The van der Waals surface area contributed by atoms with Gasteiger partial charge in [0.25, 0.3) is 5.91 Å². The van der Waals surface area contributed by atoms with Gasteiger partial charge < -0.3 is 31.1 Å². The van der Waals surface area contributed by atoms with Gasteiger partial charge >= 0.3 is 12.2 Å². The molecule has 0 spiro atoms. The second-order valence-electron chi connectivity index (χ2n) is 9.57. The number of hydrogen-bond donors (Lipinski definition) is 5. The number of benzene rings is 2. The number of amides is 3. The highest BCUT2D eigenvalue weighted by molar-refractivity contribution is 6.31. The lowest BCUT2D eigenvalue weighted by molar-refractivity contribution is -0.138. The minimum atomic E-state index is -4.25. The van der Waals surface area contributed by atoms with Gasteiger partial charge in [-0.1, -0.05) is 17.7 Å². The highest BCUT2D eigenvalue weighted by atomic mass is 35.5. The third-order valence-corrected chi connectivity index (χ3v) is 6.81. The monoisotopic (exact) mass is 607 g/mol. The van der Waals surface area contributed by atoms with Gasteiger partial charge in [-0.15, -0.1) is 0 Å². The topological polar surface area (TPSA) is 117 Å². The van der Waals surface area contributed by atoms with Crippen molar-refractivity contribution in [1.29, 1.82) is 0 Å². The van der Waals surface area contributed by atoms with Crippen LogP contribution in [0.4, 0.5) is 38.1 Å². The van der Waals surface area contributed by atoms with Crippen LogP contribution in [0.1, 0.15) is 29.3 Å². The molecule has 0 radical (unpaired) electrons. The van der Waals surface area contributed by atoms with Crippen molar-refractivity contribution in [2.45, 2.75) is 38.2 Å². The van der Waals surface area contributed by atoms with Crippen molar-refractivity contribution in [1.82, 2.24) is 15.5 Å². The van der Waals surface area contributed by atoms with E-state index in [1.54, 1.807) is 11.0 Å². The Balaban J connectivity index is 1.67. The fourth-order valence-corrected chi connectivity index (χ4v) is 4.34. The molecule has 0 aromatic heterocycles. The number of nitrogens with one attached hydrogen (secondary N) is 3. The Hall–Kier alpha value is -3.20. The average molecular weight is 608 g/mol. The van der Waals surface area contributed by atoms with Crippen LogP contribution in [0.25, 0.3) is 0 Å². The van der Waals surface area contributed by atoms with Gasteiger partial charge in [-0.2, -0.15) is 13.2 Å². The molecule has 0 unspecified atom stereocenters. The fraction of sp³-hybridized carbons (Fsp3) is 0.462. The summed E-state index contributed by atoms with van der Waals surface area (Å²) in [4.78, 5) is 28.4. The van der Waals surface area contributed by atoms with Crippen LogP contribution >= 0.6 is 11.6 Å². The van der Waals surface area contributed by atoms with Crippen LogP contribution in [0.2, 0.25) is 5.02 Å². The van der Waals surface area contributed by atoms with E-state index in [0.29, 0.717) is 36.9 Å². The highest BCUT2D eigenvalue weighted by Crippen LogP contribution is 2.31. The molecule has 0 saturated carbocycles. The molecule has 1 saturated heterocycles. The summed E-state index contributed by atoms with van der Waals surface area (Å²) in [5.41, 5.74) is -0.111. The number of hydrogen-bond acceptors (Lipinski definition) is 6. The molecule has 3 amide bonds. The molecular formula is C26H31ClF5N5O4. The number of halogens is 6. The van der Waals surface area contributed by atoms with Crippen LogP contribution in [0.15, 0.2) is 30.3 Å². The summed E-state index contributed by atoms with van der Waals surface area (Å²) in [7, 11) is 0. The molecule has 226 valence electrons. The molecular weight excluding hydrogens is 577 g/mol. The number of aliphatic hydroxyl groups excluding tert-OH is 2. The first-order chi connectivity index (χ1) is 19.3. The predicted octanol–water partition coefficient (Wildman–Crippen LogP) is 3.49. The number of piperazine rings is 1. The molecule has 1 aliphatic heterocycles. The Kier molecular flexibility index (Phi) is 11.1. The normalized spacial score (nSPS) is 15.8. The maximum absolute atomic E-state index is 14.9. The first-order valence-electron chi connectivity index (χ1n) is 12.7. The van der Waals surface area contributed by atoms with E-state index in [1.807, 2.05) is 4.90 Å². The molecule has 9 nitrogen and oxygen atoms in total. The maximum Gasteiger partial charge on any atom is 0.390 e. The zero-order chi connectivity index (χ0) is 30.3. The smallest absolute Gasteiger partial charge is 0.390 e.